The first-order valence-electron chi connectivity index (χ1n) is 5.92. The van der Waals surface area contributed by atoms with Gasteiger partial charge in [-0.05, 0) is 43.2 Å². The van der Waals surface area contributed by atoms with Crippen molar-refractivity contribution in [2.45, 2.75) is 13.3 Å². The number of nitrogens with zero attached hydrogens (tertiary/aromatic N) is 2. The lowest BCUT2D eigenvalue weighted by Gasteiger charge is -2.01. The molecule has 0 aliphatic carbocycles. The van der Waals surface area contributed by atoms with Gasteiger partial charge in [0.25, 0.3) is 0 Å². The Balaban J connectivity index is 2.09. The van der Waals surface area contributed by atoms with Crippen LogP contribution in [0.1, 0.15) is 10.4 Å². The predicted molar refractivity (Wildman–Crippen MR) is 74.5 cm³/mol. The second-order valence-electron chi connectivity index (χ2n) is 4.31. The van der Waals surface area contributed by atoms with E-state index in [2.05, 4.69) is 42.4 Å². The number of benzene rings is 1. The van der Waals surface area contributed by atoms with Gasteiger partial charge in [0.05, 0.1) is 11.7 Å². The molecule has 0 unspecified atom stereocenters. The zero-order chi connectivity index (χ0) is 12.5. The van der Waals surface area contributed by atoms with Crippen LogP contribution in [0.4, 0.5) is 0 Å². The van der Waals surface area contributed by atoms with Gasteiger partial charge in [0, 0.05) is 16.9 Å². The Morgan fingerprint density at radius 3 is 2.89 bits per heavy atom. The predicted octanol–water partition coefficient (Wildman–Crippen LogP) is 2.93. The molecule has 0 aliphatic heterocycles. The van der Waals surface area contributed by atoms with Crippen molar-refractivity contribution >= 4 is 22.2 Å². The number of thiophene rings is 1. The molecule has 0 aliphatic rings. The third-order valence-corrected chi connectivity index (χ3v) is 3.94. The monoisotopic (exact) mass is 258 g/mol. The molecule has 0 spiro atoms. The number of aliphatic hydroxyl groups excluding tert-OH is 1. The van der Waals surface area contributed by atoms with Gasteiger partial charge in [-0.3, -0.25) is 0 Å². The molecule has 4 heteroatoms. The summed E-state index contributed by atoms with van der Waals surface area (Å²) in [6, 6.07) is 10.4. The number of hydrogen-bond acceptors (Lipinski definition) is 3. The van der Waals surface area contributed by atoms with Crippen molar-refractivity contribution in [2.24, 2.45) is 0 Å². The van der Waals surface area contributed by atoms with Crippen molar-refractivity contribution in [1.29, 1.82) is 0 Å². The fraction of sp³-hybridized carbons (Fsp3) is 0.214. The Morgan fingerprint density at radius 1 is 1.28 bits per heavy atom. The van der Waals surface area contributed by atoms with E-state index in [-0.39, 0.29) is 6.61 Å². The highest BCUT2D eigenvalue weighted by atomic mass is 32.1. The molecule has 3 nitrogen and oxygen atoms in total. The van der Waals surface area contributed by atoms with E-state index in [4.69, 9.17) is 5.11 Å². The van der Waals surface area contributed by atoms with Crippen LogP contribution in [-0.4, -0.2) is 21.5 Å². The van der Waals surface area contributed by atoms with E-state index in [1.54, 1.807) is 11.3 Å². The lowest BCUT2D eigenvalue weighted by atomic mass is 10.1. The van der Waals surface area contributed by atoms with Crippen LogP contribution < -0.4 is 0 Å². The van der Waals surface area contributed by atoms with Gasteiger partial charge in [0.15, 0.2) is 0 Å². The molecule has 0 amide bonds. The number of hydrogen-bond donors (Lipinski definition) is 1. The highest BCUT2D eigenvalue weighted by Crippen LogP contribution is 2.24. The van der Waals surface area contributed by atoms with Gasteiger partial charge >= 0.3 is 0 Å². The van der Waals surface area contributed by atoms with Crippen LogP contribution in [0, 0.1) is 6.92 Å². The van der Waals surface area contributed by atoms with Crippen LogP contribution in [0.15, 0.2) is 36.5 Å². The van der Waals surface area contributed by atoms with Crippen LogP contribution in [0.2, 0.25) is 0 Å². The first kappa shape index (κ1) is 11.4. The number of aryl methyl sites for hydroxylation is 1. The molecule has 18 heavy (non-hydrogen) atoms. The lowest BCUT2D eigenvalue weighted by Crippen LogP contribution is -1.93. The SMILES string of the molecule is Cc1ccc(-n2ncc3cc(CCO)ccc32)s1. The molecule has 0 saturated heterocycles. The Kier molecular flexibility index (Phi) is 2.89. The van der Waals surface area contributed by atoms with E-state index in [0.717, 1.165) is 21.5 Å². The molecule has 0 fully saturated rings. The van der Waals surface area contributed by atoms with E-state index in [1.807, 2.05) is 10.9 Å². The smallest absolute Gasteiger partial charge is 0.118 e. The van der Waals surface area contributed by atoms with Gasteiger partial charge in [0.1, 0.15) is 5.00 Å². The minimum Gasteiger partial charge on any atom is -0.396 e. The van der Waals surface area contributed by atoms with Crippen molar-refractivity contribution in [1.82, 2.24) is 9.78 Å². The summed E-state index contributed by atoms with van der Waals surface area (Å²) >= 11 is 1.74. The maximum Gasteiger partial charge on any atom is 0.118 e. The van der Waals surface area contributed by atoms with Crippen LogP contribution >= 0.6 is 11.3 Å². The van der Waals surface area contributed by atoms with E-state index >= 15 is 0 Å². The zero-order valence-corrected chi connectivity index (χ0v) is 10.9. The largest absolute Gasteiger partial charge is 0.396 e. The maximum absolute atomic E-state index is 8.96. The summed E-state index contributed by atoms with van der Waals surface area (Å²) in [5.74, 6) is 0. The van der Waals surface area contributed by atoms with Gasteiger partial charge in [0.2, 0.25) is 0 Å². The molecule has 0 bridgehead atoms. The summed E-state index contributed by atoms with van der Waals surface area (Å²) in [6.45, 7) is 2.28. The second kappa shape index (κ2) is 4.55. The van der Waals surface area contributed by atoms with E-state index in [9.17, 15) is 0 Å². The summed E-state index contributed by atoms with van der Waals surface area (Å²) in [7, 11) is 0. The first-order chi connectivity index (χ1) is 8.78. The molecule has 1 N–H and O–H groups in total. The topological polar surface area (TPSA) is 38.0 Å². The van der Waals surface area contributed by atoms with Gasteiger partial charge in [-0.2, -0.15) is 5.10 Å². The highest BCUT2D eigenvalue weighted by molar-refractivity contribution is 7.14. The average Bonchev–Trinajstić information content (AvgIpc) is 2.95. The van der Waals surface area contributed by atoms with Gasteiger partial charge in [-0.15, -0.1) is 11.3 Å². The fourth-order valence-electron chi connectivity index (χ4n) is 2.08. The van der Waals surface area contributed by atoms with Crippen molar-refractivity contribution in [3.63, 3.8) is 0 Å². The Morgan fingerprint density at radius 2 is 2.17 bits per heavy atom. The molecule has 1 aromatic carbocycles. The molecular formula is C14H14N2OS. The van der Waals surface area contributed by atoms with Crippen LogP contribution in [0.25, 0.3) is 15.9 Å². The Hall–Kier alpha value is -1.65. The Labute approximate surface area is 109 Å². The molecule has 3 rings (SSSR count). The van der Waals surface area contributed by atoms with E-state index in [0.29, 0.717) is 6.42 Å². The minimum atomic E-state index is 0.184. The summed E-state index contributed by atoms with van der Waals surface area (Å²) in [4.78, 5) is 1.28. The number of rotatable bonds is 3. The van der Waals surface area contributed by atoms with Crippen LogP contribution in [0.5, 0.6) is 0 Å². The highest BCUT2D eigenvalue weighted by Gasteiger charge is 2.07. The molecule has 0 saturated carbocycles. The zero-order valence-electron chi connectivity index (χ0n) is 10.1. The summed E-state index contributed by atoms with van der Waals surface area (Å²) in [5, 5.41) is 15.7. The van der Waals surface area contributed by atoms with Crippen molar-refractivity contribution < 1.29 is 5.11 Å². The quantitative estimate of drug-likeness (QED) is 0.784. The average molecular weight is 258 g/mol. The number of fused-ring (bicyclic) bond motifs is 1. The summed E-state index contributed by atoms with van der Waals surface area (Å²) in [6.07, 6.45) is 2.57. The summed E-state index contributed by atoms with van der Waals surface area (Å²) < 4.78 is 1.97. The third-order valence-electron chi connectivity index (χ3n) is 2.97. The molecular weight excluding hydrogens is 244 g/mol. The maximum atomic E-state index is 8.96. The lowest BCUT2D eigenvalue weighted by molar-refractivity contribution is 0.299. The molecule has 0 atom stereocenters. The third kappa shape index (κ3) is 1.94. The molecule has 2 heterocycles. The van der Waals surface area contributed by atoms with Gasteiger partial charge in [-0.1, -0.05) is 6.07 Å². The molecule has 2 aromatic heterocycles. The van der Waals surface area contributed by atoms with Crippen molar-refractivity contribution in [3.05, 3.63) is 47.0 Å². The summed E-state index contributed by atoms with van der Waals surface area (Å²) in [5.41, 5.74) is 2.26. The van der Waals surface area contributed by atoms with Crippen molar-refractivity contribution in [3.8, 4) is 5.00 Å². The first-order valence-corrected chi connectivity index (χ1v) is 6.74. The molecule has 0 radical (unpaired) electrons. The van der Waals surface area contributed by atoms with Gasteiger partial charge in [-0.25, -0.2) is 4.68 Å². The second-order valence-corrected chi connectivity index (χ2v) is 5.57. The number of aliphatic hydroxyl groups is 1. The van der Waals surface area contributed by atoms with Gasteiger partial charge < -0.3 is 5.11 Å². The van der Waals surface area contributed by atoms with Crippen molar-refractivity contribution in [2.75, 3.05) is 6.61 Å². The molecule has 3 aromatic rings. The standard InChI is InChI=1S/C14H14N2OS/c1-10-2-5-14(18-10)16-13-4-3-11(6-7-17)8-12(13)9-15-16/h2-5,8-9,17H,6-7H2,1H3. The van der Waals surface area contributed by atoms with E-state index < -0.39 is 0 Å². The fourth-order valence-corrected chi connectivity index (χ4v) is 2.91. The van der Waals surface area contributed by atoms with Crippen LogP contribution in [0.3, 0.4) is 0 Å². The van der Waals surface area contributed by atoms with Crippen LogP contribution in [-0.2, 0) is 6.42 Å². The Bertz CT molecular complexity index is 684. The normalized spacial score (nSPS) is 11.2. The van der Waals surface area contributed by atoms with E-state index in [1.165, 1.54) is 4.88 Å². The molecule has 92 valence electrons. The number of aromatic nitrogens is 2. The minimum absolute atomic E-state index is 0.184.